The van der Waals surface area contributed by atoms with Gasteiger partial charge in [0, 0.05) is 41.1 Å². The standard InChI is InChI=1S/C72H80N6/c1-5-17-49(18-6-1)52-33-39-56(40-34-52)68-73-67(55-23-11-4-12-24-55)75-71(76-68)65-31-15-29-63(47-65)61-27-13-25-59(45-61)60-26-14-28-62(46-60)64-30-16-32-66(48-64)72-77-69(57-41-35-53(36-42-57)50-19-7-2-8-20-50)74-70(78-72)58-43-37-54(38-44-58)51-21-9-3-10-22-51/h1-2,5,7-8,11,13-17,19-21,23,25-28,31-37,39,41-44,46-47,54-56,59,63-64,66-68,70-73,75-76,78H,3-4,6,9-10,12,18,22,24,29-30,38,40,45,48H2,(H,74,77). The molecule has 0 amide bonds. The minimum absolute atomic E-state index is 0.0377. The second-order valence-electron chi connectivity index (χ2n) is 23.8. The van der Waals surface area contributed by atoms with E-state index in [9.17, 15) is 0 Å². The molecule has 0 bridgehead atoms. The Hall–Kier alpha value is -6.41. The number of nitrogens with one attached hydrogen (secondary N) is 5. The van der Waals surface area contributed by atoms with Crippen LogP contribution in [0, 0.1) is 29.6 Å². The van der Waals surface area contributed by atoms with Gasteiger partial charge < -0.3 is 5.32 Å². The summed E-state index contributed by atoms with van der Waals surface area (Å²) in [5, 5.41) is 20.2. The number of hydrogen-bond acceptors (Lipinski definition) is 6. The van der Waals surface area contributed by atoms with E-state index in [0.717, 1.165) is 62.8 Å². The van der Waals surface area contributed by atoms with Crippen molar-refractivity contribution in [1.82, 2.24) is 26.6 Å². The summed E-state index contributed by atoms with van der Waals surface area (Å²) >= 11 is 0. The van der Waals surface area contributed by atoms with Crippen molar-refractivity contribution in [2.24, 2.45) is 34.6 Å². The van der Waals surface area contributed by atoms with Gasteiger partial charge in [-0.3, -0.25) is 21.3 Å². The Kier molecular flexibility index (Phi) is 15.6. The van der Waals surface area contributed by atoms with Crippen LogP contribution in [0.2, 0.25) is 0 Å². The van der Waals surface area contributed by atoms with Gasteiger partial charge in [0.15, 0.2) is 0 Å². The number of benzene rings is 3. The van der Waals surface area contributed by atoms with Gasteiger partial charge in [0.05, 0.1) is 24.7 Å². The molecule has 6 nitrogen and oxygen atoms in total. The zero-order valence-electron chi connectivity index (χ0n) is 45.5. The largest absolute Gasteiger partial charge is 0.354 e. The molecule has 12 atom stereocenters. The van der Waals surface area contributed by atoms with E-state index in [1.165, 1.54) is 95.1 Å². The first-order chi connectivity index (χ1) is 38.6. The van der Waals surface area contributed by atoms with Gasteiger partial charge in [-0.2, -0.15) is 0 Å². The molecular weight excluding hydrogens is 949 g/mol. The quantitative estimate of drug-likeness (QED) is 0.117. The maximum absolute atomic E-state index is 5.42. The Morgan fingerprint density at radius 3 is 2.18 bits per heavy atom. The van der Waals surface area contributed by atoms with Crippen molar-refractivity contribution >= 4 is 5.84 Å². The van der Waals surface area contributed by atoms with Gasteiger partial charge in [-0.15, -0.1) is 0 Å². The Bertz CT molecular complexity index is 3110. The summed E-state index contributed by atoms with van der Waals surface area (Å²) in [6, 6.07) is 29.3. The number of rotatable bonds is 12. The highest BCUT2D eigenvalue weighted by atomic mass is 15.4. The zero-order chi connectivity index (χ0) is 52.0. The molecule has 1 saturated heterocycles. The number of hydrogen-bond donors (Lipinski definition) is 5. The van der Waals surface area contributed by atoms with Crippen LogP contribution in [0.1, 0.15) is 125 Å². The van der Waals surface area contributed by atoms with E-state index in [1.807, 2.05) is 0 Å². The van der Waals surface area contributed by atoms with Gasteiger partial charge in [-0.1, -0.05) is 212 Å². The molecule has 1 fully saturated rings. The molecule has 398 valence electrons. The third-order valence-corrected chi connectivity index (χ3v) is 18.7. The summed E-state index contributed by atoms with van der Waals surface area (Å²) in [6.45, 7) is 0. The molecule has 0 aromatic heterocycles. The SMILES string of the molecule is C1=CCCC(C2=CCC(C3NC(C4=CC(C5=CC=CC(c6cccc(C7CC=CC(C8NC(c9ccc(-c%10ccccc%10)cc9)=NC(C9=CCC(C%10=CCCCC%10)C=C9)N8)C7)c6)C5)CC=C4)NC(C4C=CCCC4)N3)C=C2)=C1. The van der Waals surface area contributed by atoms with Gasteiger partial charge in [-0.25, -0.2) is 4.99 Å². The molecule has 0 radical (unpaired) electrons. The van der Waals surface area contributed by atoms with E-state index in [2.05, 4.69) is 227 Å². The molecule has 0 saturated carbocycles. The fourth-order valence-electron chi connectivity index (χ4n) is 14.2. The number of nitrogens with zero attached hydrogens (tertiary/aromatic N) is 1. The summed E-state index contributed by atoms with van der Waals surface area (Å²) < 4.78 is 0. The molecule has 2 aliphatic heterocycles. The van der Waals surface area contributed by atoms with Crippen LogP contribution < -0.4 is 26.6 Å². The van der Waals surface area contributed by atoms with Crippen LogP contribution in [0.25, 0.3) is 11.1 Å². The molecule has 8 aliphatic carbocycles. The minimum atomic E-state index is -0.117. The highest BCUT2D eigenvalue weighted by molar-refractivity contribution is 6.00. The van der Waals surface area contributed by atoms with Crippen molar-refractivity contribution in [3.63, 3.8) is 0 Å². The normalized spacial score (nSPS) is 32.7. The Labute approximate surface area is 465 Å². The maximum Gasteiger partial charge on any atom is 0.131 e. The van der Waals surface area contributed by atoms with Crippen molar-refractivity contribution in [3.8, 4) is 11.1 Å². The van der Waals surface area contributed by atoms with Gasteiger partial charge >= 0.3 is 0 Å². The van der Waals surface area contributed by atoms with Crippen molar-refractivity contribution in [2.45, 2.75) is 139 Å². The molecule has 0 spiro atoms. The number of allylic oxidation sites excluding steroid dienone is 19. The third kappa shape index (κ3) is 11.7. The molecule has 2 heterocycles. The van der Waals surface area contributed by atoms with E-state index < -0.39 is 0 Å². The lowest BCUT2D eigenvalue weighted by Crippen LogP contribution is -2.70. The van der Waals surface area contributed by atoms with Crippen LogP contribution in [0.3, 0.4) is 0 Å². The predicted octanol–water partition coefficient (Wildman–Crippen LogP) is 15.1. The first kappa shape index (κ1) is 51.1. The van der Waals surface area contributed by atoms with Crippen LogP contribution in [0.4, 0.5) is 0 Å². The topological polar surface area (TPSA) is 72.5 Å². The van der Waals surface area contributed by atoms with Crippen LogP contribution in [0.15, 0.2) is 239 Å². The molecule has 6 heteroatoms. The lowest BCUT2D eigenvalue weighted by molar-refractivity contribution is 0.154. The van der Waals surface area contributed by atoms with Crippen molar-refractivity contribution < 1.29 is 0 Å². The molecule has 10 aliphatic rings. The van der Waals surface area contributed by atoms with Crippen LogP contribution in [0.5, 0.6) is 0 Å². The lowest BCUT2D eigenvalue weighted by Gasteiger charge is -2.45. The maximum atomic E-state index is 5.42. The van der Waals surface area contributed by atoms with Crippen LogP contribution in [-0.4, -0.2) is 36.7 Å². The average Bonchev–Trinajstić information content (AvgIpc) is 3.56. The van der Waals surface area contributed by atoms with Crippen molar-refractivity contribution in [2.75, 3.05) is 0 Å². The highest BCUT2D eigenvalue weighted by Gasteiger charge is 2.37. The first-order valence-electron chi connectivity index (χ1n) is 30.1. The smallest absolute Gasteiger partial charge is 0.131 e. The van der Waals surface area contributed by atoms with Gasteiger partial charge in [0.2, 0.25) is 0 Å². The molecule has 5 N–H and O–H groups in total. The molecule has 3 aromatic rings. The minimum Gasteiger partial charge on any atom is -0.354 e. The fraction of sp³-hybridized carbons (Fsp3) is 0.375. The van der Waals surface area contributed by atoms with Gasteiger partial charge in [0.25, 0.3) is 0 Å². The van der Waals surface area contributed by atoms with Gasteiger partial charge in [0.1, 0.15) is 12.0 Å². The average molecular weight is 1030 g/mol. The van der Waals surface area contributed by atoms with E-state index in [0.29, 0.717) is 41.4 Å². The monoisotopic (exact) mass is 1030 g/mol. The van der Waals surface area contributed by atoms with Crippen molar-refractivity contribution in [1.29, 1.82) is 0 Å². The number of amidine groups is 1. The summed E-state index contributed by atoms with van der Waals surface area (Å²) in [5.74, 6) is 3.80. The summed E-state index contributed by atoms with van der Waals surface area (Å²) in [7, 11) is 0. The third-order valence-electron chi connectivity index (χ3n) is 18.7. The molecule has 12 unspecified atom stereocenters. The number of aliphatic imine (C=N–C) groups is 1. The van der Waals surface area contributed by atoms with E-state index in [4.69, 9.17) is 4.99 Å². The molecular formula is C72H80N6. The van der Waals surface area contributed by atoms with Crippen LogP contribution in [-0.2, 0) is 0 Å². The predicted molar refractivity (Wildman–Crippen MR) is 324 cm³/mol. The van der Waals surface area contributed by atoms with E-state index in [1.54, 1.807) is 5.57 Å². The van der Waals surface area contributed by atoms with Gasteiger partial charge in [-0.05, 0) is 147 Å². The Morgan fingerprint density at radius 2 is 1.37 bits per heavy atom. The molecule has 3 aromatic carbocycles. The Balaban J connectivity index is 0.688. The second kappa shape index (κ2) is 23.9. The summed E-state index contributed by atoms with van der Waals surface area (Å²) in [6.07, 6.45) is 66.1. The first-order valence-corrected chi connectivity index (χ1v) is 30.1. The Morgan fingerprint density at radius 1 is 0.500 bits per heavy atom. The second-order valence-corrected chi connectivity index (χ2v) is 23.8. The van der Waals surface area contributed by atoms with E-state index >= 15 is 0 Å². The highest BCUT2D eigenvalue weighted by Crippen LogP contribution is 2.41. The summed E-state index contributed by atoms with van der Waals surface area (Å²) in [5.41, 5.74) is 15.2. The summed E-state index contributed by atoms with van der Waals surface area (Å²) in [4.78, 5) is 5.42. The molecule has 13 rings (SSSR count). The van der Waals surface area contributed by atoms with Crippen LogP contribution >= 0.6 is 0 Å². The van der Waals surface area contributed by atoms with E-state index in [-0.39, 0.29) is 30.8 Å². The zero-order valence-corrected chi connectivity index (χ0v) is 45.5. The van der Waals surface area contributed by atoms with Crippen molar-refractivity contribution in [3.05, 3.63) is 251 Å². The molecule has 78 heavy (non-hydrogen) atoms. The fourth-order valence-corrected chi connectivity index (χ4v) is 14.2. The lowest BCUT2D eigenvalue weighted by atomic mass is 9.77.